The number of ether oxygens (including phenoxy) is 1. The fourth-order valence-electron chi connectivity index (χ4n) is 7.86. The molecule has 5 atom stereocenters. The molecular formula is C36H39ClN2O5S. The van der Waals surface area contributed by atoms with Crippen molar-refractivity contribution in [2.24, 2.45) is 11.8 Å². The Morgan fingerprint density at radius 3 is 2.67 bits per heavy atom. The van der Waals surface area contributed by atoms with E-state index in [0.29, 0.717) is 37.4 Å². The Kier molecular flexibility index (Phi) is 8.17. The summed E-state index contributed by atoms with van der Waals surface area (Å²) in [4.78, 5) is 15.9. The molecule has 2 aliphatic heterocycles. The van der Waals surface area contributed by atoms with Crippen LogP contribution in [-0.2, 0) is 21.9 Å². The molecule has 3 aromatic carbocycles. The number of carbonyl (C=O) groups excluding carboxylic acids is 1. The van der Waals surface area contributed by atoms with Crippen molar-refractivity contribution < 1.29 is 23.1 Å². The van der Waals surface area contributed by atoms with E-state index >= 15 is 0 Å². The van der Waals surface area contributed by atoms with E-state index in [-0.39, 0.29) is 29.2 Å². The van der Waals surface area contributed by atoms with Gasteiger partial charge in [0.15, 0.2) is 0 Å². The molecule has 1 amide bonds. The third-order valence-corrected chi connectivity index (χ3v) is 12.3. The molecule has 3 aromatic rings. The first kappa shape index (κ1) is 30.3. The van der Waals surface area contributed by atoms with E-state index in [1.807, 2.05) is 24.3 Å². The summed E-state index contributed by atoms with van der Waals surface area (Å²) < 4.78 is 36.4. The number of allylic oxidation sites excluding steroid dienone is 1. The Labute approximate surface area is 270 Å². The molecule has 2 bridgehead atoms. The molecule has 236 valence electrons. The molecule has 4 aliphatic rings. The highest BCUT2D eigenvalue weighted by Crippen LogP contribution is 2.47. The highest BCUT2D eigenvalue weighted by Gasteiger charge is 2.44. The van der Waals surface area contributed by atoms with Gasteiger partial charge in [0.1, 0.15) is 11.0 Å². The van der Waals surface area contributed by atoms with Gasteiger partial charge in [-0.15, -0.1) is 0 Å². The maximum Gasteiger partial charge on any atom is 0.264 e. The first-order valence-corrected chi connectivity index (χ1v) is 17.9. The molecule has 7 rings (SSSR count). The zero-order valence-electron chi connectivity index (χ0n) is 25.2. The van der Waals surface area contributed by atoms with Crippen LogP contribution >= 0.6 is 11.6 Å². The minimum absolute atomic E-state index is 0.107. The number of sulfonamides is 1. The summed E-state index contributed by atoms with van der Waals surface area (Å²) in [5.41, 5.74) is 3.89. The van der Waals surface area contributed by atoms with E-state index in [4.69, 9.17) is 16.3 Å². The standard InChI is InChI=1S/C36H39ClN2O5S/c37-28-14-16-30-25(19-28)9-6-18-36(30)22-39-21-27-12-15-29(27)32(40)10-4-5-11-34(24-7-2-1-3-8-24)45(42,43)38-35(41)26-13-17-33(44-23-36)31(39)20-26/h1-4,7-8,10,13-14,16-17,19-20,27,29,32,34,40H,5-6,9,11-12,15,18,21-23H2,(H,38,41)/b10-4+/t27-,29+,32-,34+,36-/m0/s1. The van der Waals surface area contributed by atoms with Gasteiger partial charge in [0.05, 0.1) is 18.4 Å². The van der Waals surface area contributed by atoms with E-state index in [1.165, 1.54) is 11.1 Å². The summed E-state index contributed by atoms with van der Waals surface area (Å²) in [7, 11) is -4.08. The van der Waals surface area contributed by atoms with Crippen molar-refractivity contribution >= 4 is 33.2 Å². The molecule has 0 radical (unpaired) electrons. The van der Waals surface area contributed by atoms with Crippen LogP contribution in [0.3, 0.4) is 0 Å². The van der Waals surface area contributed by atoms with Crippen molar-refractivity contribution in [2.75, 3.05) is 24.6 Å². The number of aliphatic hydroxyl groups excluding tert-OH is 1. The second-order valence-electron chi connectivity index (χ2n) is 13.2. The minimum atomic E-state index is -4.08. The van der Waals surface area contributed by atoms with Gasteiger partial charge in [-0.3, -0.25) is 4.79 Å². The van der Waals surface area contributed by atoms with E-state index in [1.54, 1.807) is 42.5 Å². The second kappa shape index (κ2) is 12.1. The SMILES string of the molecule is O=C1NS(=O)(=O)[C@@H](c2ccccc2)CC/C=C/[C@H](O)[C@@H]2CC[C@H]2CN2C[C@@]3(CCCc4cc(Cl)ccc43)COc3ccc1cc32. The molecule has 1 fully saturated rings. The number of benzene rings is 3. The van der Waals surface area contributed by atoms with Crippen molar-refractivity contribution in [1.29, 1.82) is 0 Å². The third-order valence-electron chi connectivity index (χ3n) is 10.4. The number of hydrogen-bond donors (Lipinski definition) is 2. The van der Waals surface area contributed by atoms with Gasteiger partial charge in [-0.05, 0) is 104 Å². The number of rotatable bonds is 1. The highest BCUT2D eigenvalue weighted by molar-refractivity contribution is 7.90. The molecule has 0 aromatic heterocycles. The normalized spacial score (nSPS) is 30.1. The van der Waals surface area contributed by atoms with Gasteiger partial charge >= 0.3 is 0 Å². The number of hydrogen-bond acceptors (Lipinski definition) is 6. The molecule has 2 heterocycles. The Morgan fingerprint density at radius 1 is 1.02 bits per heavy atom. The monoisotopic (exact) mass is 646 g/mol. The predicted octanol–water partition coefficient (Wildman–Crippen LogP) is 6.35. The summed E-state index contributed by atoms with van der Waals surface area (Å²) in [6.45, 7) is 1.88. The summed E-state index contributed by atoms with van der Waals surface area (Å²) in [5.74, 6) is 0.390. The van der Waals surface area contributed by atoms with Crippen LogP contribution in [0, 0.1) is 11.8 Å². The van der Waals surface area contributed by atoms with Crippen molar-refractivity contribution in [3.05, 3.63) is 106 Å². The average molecular weight is 647 g/mol. The van der Waals surface area contributed by atoms with Crippen molar-refractivity contribution in [2.45, 2.75) is 61.7 Å². The summed E-state index contributed by atoms with van der Waals surface area (Å²) in [6, 6.07) is 20.4. The number of halogens is 1. The number of nitrogens with zero attached hydrogens (tertiary/aromatic N) is 1. The smallest absolute Gasteiger partial charge is 0.264 e. The Balaban J connectivity index is 1.29. The Hall–Kier alpha value is -3.33. The van der Waals surface area contributed by atoms with Gasteiger partial charge in [0.2, 0.25) is 10.0 Å². The molecule has 45 heavy (non-hydrogen) atoms. The van der Waals surface area contributed by atoms with Crippen molar-refractivity contribution in [3.63, 3.8) is 0 Å². The van der Waals surface area contributed by atoms with Gasteiger partial charge in [0.25, 0.3) is 5.91 Å². The van der Waals surface area contributed by atoms with E-state index in [2.05, 4.69) is 21.8 Å². The fourth-order valence-corrected chi connectivity index (χ4v) is 9.54. The Morgan fingerprint density at radius 2 is 1.87 bits per heavy atom. The van der Waals surface area contributed by atoms with Gasteiger partial charge < -0.3 is 14.7 Å². The maximum atomic E-state index is 13.7. The van der Waals surface area contributed by atoms with Crippen LogP contribution in [-0.4, -0.2) is 45.2 Å². The molecule has 2 aliphatic carbocycles. The fraction of sp³-hybridized carbons (Fsp3) is 0.417. The van der Waals surface area contributed by atoms with Gasteiger partial charge in [0, 0.05) is 29.1 Å². The van der Waals surface area contributed by atoms with Crippen LogP contribution in [0.15, 0.2) is 78.9 Å². The molecule has 1 saturated carbocycles. The molecule has 0 saturated heterocycles. The van der Waals surface area contributed by atoms with E-state index < -0.39 is 27.3 Å². The average Bonchev–Trinajstić information content (AvgIpc) is 3.15. The number of anilines is 1. The highest BCUT2D eigenvalue weighted by atomic mass is 35.5. The van der Waals surface area contributed by atoms with Crippen LogP contribution in [0.4, 0.5) is 5.69 Å². The van der Waals surface area contributed by atoms with Crippen LogP contribution in [0.2, 0.25) is 5.02 Å². The van der Waals surface area contributed by atoms with E-state index in [9.17, 15) is 18.3 Å². The first-order chi connectivity index (χ1) is 21.7. The van der Waals surface area contributed by atoms with Crippen molar-refractivity contribution in [3.8, 4) is 5.75 Å². The van der Waals surface area contributed by atoms with Crippen LogP contribution in [0.25, 0.3) is 0 Å². The lowest BCUT2D eigenvalue weighted by atomic mass is 9.68. The number of aryl methyl sites for hydroxylation is 1. The van der Waals surface area contributed by atoms with Crippen LogP contribution < -0.4 is 14.4 Å². The number of fused-ring (bicyclic) bond motifs is 4. The number of aliphatic hydroxyl groups is 1. The number of nitrogens with one attached hydrogen (secondary N) is 1. The van der Waals surface area contributed by atoms with Crippen LogP contribution in [0.1, 0.15) is 70.8 Å². The van der Waals surface area contributed by atoms with Gasteiger partial charge in [-0.1, -0.05) is 60.2 Å². The first-order valence-electron chi connectivity index (χ1n) is 16.0. The van der Waals surface area contributed by atoms with Gasteiger partial charge in [-0.2, -0.15) is 0 Å². The summed E-state index contributed by atoms with van der Waals surface area (Å²) in [5, 5.41) is 11.0. The molecule has 9 heteroatoms. The largest absolute Gasteiger partial charge is 0.490 e. The number of carbonyl (C=O) groups is 1. The molecular weight excluding hydrogens is 608 g/mol. The zero-order chi connectivity index (χ0) is 31.2. The molecule has 2 N–H and O–H groups in total. The van der Waals surface area contributed by atoms with Crippen molar-refractivity contribution in [1.82, 2.24) is 4.72 Å². The summed E-state index contributed by atoms with van der Waals surface area (Å²) in [6.07, 6.45) is 8.73. The second-order valence-corrected chi connectivity index (χ2v) is 15.5. The Bertz CT molecular complexity index is 1730. The summed E-state index contributed by atoms with van der Waals surface area (Å²) >= 11 is 6.40. The molecule has 0 unspecified atom stereocenters. The molecule has 7 nitrogen and oxygen atoms in total. The number of amides is 1. The maximum absolute atomic E-state index is 13.7. The lowest BCUT2D eigenvalue weighted by Gasteiger charge is -2.45. The zero-order valence-corrected chi connectivity index (χ0v) is 26.8. The topological polar surface area (TPSA) is 95.9 Å². The van der Waals surface area contributed by atoms with E-state index in [0.717, 1.165) is 42.8 Å². The lowest BCUT2D eigenvalue weighted by Crippen LogP contribution is -2.49. The molecule has 1 spiro atoms. The van der Waals surface area contributed by atoms with Crippen LogP contribution in [0.5, 0.6) is 5.75 Å². The minimum Gasteiger partial charge on any atom is -0.490 e. The quantitative estimate of drug-likeness (QED) is 0.299. The third kappa shape index (κ3) is 5.88. The predicted molar refractivity (Wildman–Crippen MR) is 176 cm³/mol. The lowest BCUT2D eigenvalue weighted by molar-refractivity contribution is 0.0456. The van der Waals surface area contributed by atoms with Gasteiger partial charge in [-0.25, -0.2) is 13.1 Å².